The standard InChI is InChI=1S/C31H29N3O3/c1-2-36-26-15-12-25(13-16-26)34-21-24(20-30(34)35)31-32-28-9-5-6-10-29(28)33(31)17-18-37-27-14-11-22-7-3-4-8-23(22)19-27/h3-16,19,24H,2,17-18,20-21H2,1H3. The second-order valence-electron chi connectivity index (χ2n) is 9.30. The van der Waals surface area contributed by atoms with E-state index >= 15 is 0 Å². The molecule has 37 heavy (non-hydrogen) atoms. The maximum atomic E-state index is 13.0. The third kappa shape index (κ3) is 4.62. The molecule has 1 aromatic heterocycles. The van der Waals surface area contributed by atoms with Crippen LogP contribution >= 0.6 is 0 Å². The molecule has 0 aliphatic carbocycles. The number of hydrogen-bond acceptors (Lipinski definition) is 4. The van der Waals surface area contributed by atoms with E-state index in [2.05, 4.69) is 34.9 Å². The number of nitrogens with zero attached hydrogens (tertiary/aromatic N) is 3. The van der Waals surface area contributed by atoms with Crippen LogP contribution in [-0.4, -0.2) is 35.2 Å². The Hall–Kier alpha value is -4.32. The highest BCUT2D eigenvalue weighted by Crippen LogP contribution is 2.34. The predicted octanol–water partition coefficient (Wildman–Crippen LogP) is 6.19. The molecule has 6 rings (SSSR count). The zero-order valence-electron chi connectivity index (χ0n) is 20.8. The van der Waals surface area contributed by atoms with Crippen LogP contribution in [0.2, 0.25) is 0 Å². The molecule has 0 bridgehead atoms. The van der Waals surface area contributed by atoms with Gasteiger partial charge in [-0.1, -0.05) is 42.5 Å². The van der Waals surface area contributed by atoms with Crippen LogP contribution in [0.25, 0.3) is 21.8 Å². The van der Waals surface area contributed by atoms with Crippen molar-refractivity contribution in [2.75, 3.05) is 24.7 Å². The van der Waals surface area contributed by atoms with Gasteiger partial charge in [-0.2, -0.15) is 0 Å². The van der Waals surface area contributed by atoms with Crippen molar-refractivity contribution in [3.05, 3.63) is 96.8 Å². The zero-order valence-corrected chi connectivity index (χ0v) is 20.8. The van der Waals surface area contributed by atoms with Crippen molar-refractivity contribution in [3.8, 4) is 11.5 Å². The van der Waals surface area contributed by atoms with Crippen LogP contribution in [0.4, 0.5) is 5.69 Å². The molecule has 1 aliphatic rings. The molecule has 0 N–H and O–H groups in total. The quantitative estimate of drug-likeness (QED) is 0.260. The van der Waals surface area contributed by atoms with Crippen molar-refractivity contribution in [1.29, 1.82) is 0 Å². The molecule has 1 amide bonds. The van der Waals surface area contributed by atoms with Gasteiger partial charge in [0.15, 0.2) is 0 Å². The van der Waals surface area contributed by atoms with Crippen LogP contribution in [0, 0.1) is 0 Å². The molecule has 2 heterocycles. The first-order chi connectivity index (χ1) is 18.2. The lowest BCUT2D eigenvalue weighted by molar-refractivity contribution is -0.117. The van der Waals surface area contributed by atoms with E-state index in [0.717, 1.165) is 39.4 Å². The number of rotatable bonds is 8. The zero-order chi connectivity index (χ0) is 25.2. The van der Waals surface area contributed by atoms with Crippen molar-refractivity contribution in [2.45, 2.75) is 25.8 Å². The fourth-order valence-corrected chi connectivity index (χ4v) is 5.17. The van der Waals surface area contributed by atoms with Crippen molar-refractivity contribution < 1.29 is 14.3 Å². The Labute approximate surface area is 216 Å². The van der Waals surface area contributed by atoms with Gasteiger partial charge >= 0.3 is 0 Å². The van der Waals surface area contributed by atoms with E-state index < -0.39 is 0 Å². The Morgan fingerprint density at radius 2 is 1.62 bits per heavy atom. The summed E-state index contributed by atoms with van der Waals surface area (Å²) >= 11 is 0. The van der Waals surface area contributed by atoms with E-state index in [9.17, 15) is 4.79 Å². The van der Waals surface area contributed by atoms with Gasteiger partial charge in [0, 0.05) is 24.6 Å². The van der Waals surface area contributed by atoms with Crippen LogP contribution in [0.15, 0.2) is 91.0 Å². The van der Waals surface area contributed by atoms with Crippen molar-refractivity contribution in [3.63, 3.8) is 0 Å². The van der Waals surface area contributed by atoms with Gasteiger partial charge in [-0.3, -0.25) is 4.79 Å². The van der Waals surface area contributed by atoms with Crippen LogP contribution in [0.5, 0.6) is 11.5 Å². The number of ether oxygens (including phenoxy) is 2. The molecule has 1 aliphatic heterocycles. The molecule has 1 atom stereocenters. The van der Waals surface area contributed by atoms with Crippen molar-refractivity contribution in [1.82, 2.24) is 9.55 Å². The second kappa shape index (κ2) is 9.97. The Morgan fingerprint density at radius 3 is 2.46 bits per heavy atom. The lowest BCUT2D eigenvalue weighted by Gasteiger charge is -2.18. The fraction of sp³-hybridized carbons (Fsp3) is 0.226. The number of aromatic nitrogens is 2. The van der Waals surface area contributed by atoms with Crippen LogP contribution < -0.4 is 14.4 Å². The molecule has 4 aromatic carbocycles. The average Bonchev–Trinajstić information content (AvgIpc) is 3.50. The molecule has 5 aromatic rings. The number of carbonyl (C=O) groups excluding carboxylic acids is 1. The Bertz CT molecular complexity index is 1560. The lowest BCUT2D eigenvalue weighted by Crippen LogP contribution is -2.24. The highest BCUT2D eigenvalue weighted by Gasteiger charge is 2.34. The SMILES string of the molecule is CCOc1ccc(N2CC(c3nc4ccccc4n3CCOc3ccc4ccccc4c3)CC2=O)cc1. The van der Waals surface area contributed by atoms with Gasteiger partial charge in [-0.15, -0.1) is 0 Å². The summed E-state index contributed by atoms with van der Waals surface area (Å²) < 4.78 is 13.9. The number of anilines is 1. The summed E-state index contributed by atoms with van der Waals surface area (Å²) in [4.78, 5) is 19.9. The average molecular weight is 492 g/mol. The van der Waals surface area contributed by atoms with Gasteiger partial charge in [0.05, 0.1) is 24.2 Å². The maximum absolute atomic E-state index is 13.0. The minimum Gasteiger partial charge on any atom is -0.494 e. The summed E-state index contributed by atoms with van der Waals surface area (Å²) in [7, 11) is 0. The first-order valence-electron chi connectivity index (χ1n) is 12.8. The minimum absolute atomic E-state index is 0.00661. The molecule has 186 valence electrons. The van der Waals surface area contributed by atoms with Crippen LogP contribution in [0.1, 0.15) is 25.1 Å². The molecule has 0 radical (unpaired) electrons. The number of carbonyl (C=O) groups is 1. The molecular formula is C31H29N3O3. The molecular weight excluding hydrogens is 462 g/mol. The number of fused-ring (bicyclic) bond motifs is 2. The van der Waals surface area contributed by atoms with Crippen LogP contribution in [0.3, 0.4) is 0 Å². The normalized spacial score (nSPS) is 15.5. The number of benzene rings is 4. The highest BCUT2D eigenvalue weighted by atomic mass is 16.5. The molecule has 0 saturated carbocycles. The fourth-order valence-electron chi connectivity index (χ4n) is 5.17. The molecule has 6 heteroatoms. The van der Waals surface area contributed by atoms with E-state index in [1.807, 2.05) is 72.5 Å². The minimum atomic E-state index is 0.00661. The van der Waals surface area contributed by atoms with Crippen LogP contribution in [-0.2, 0) is 11.3 Å². The van der Waals surface area contributed by atoms with E-state index in [-0.39, 0.29) is 11.8 Å². The second-order valence-corrected chi connectivity index (χ2v) is 9.30. The molecule has 1 fully saturated rings. The molecule has 0 spiro atoms. The number of hydrogen-bond donors (Lipinski definition) is 0. The van der Waals surface area contributed by atoms with Gasteiger partial charge in [-0.25, -0.2) is 4.98 Å². The smallest absolute Gasteiger partial charge is 0.227 e. The maximum Gasteiger partial charge on any atom is 0.227 e. The third-order valence-electron chi connectivity index (χ3n) is 6.94. The highest BCUT2D eigenvalue weighted by molar-refractivity contribution is 5.96. The summed E-state index contributed by atoms with van der Waals surface area (Å²) in [5.41, 5.74) is 2.89. The van der Waals surface area contributed by atoms with Gasteiger partial charge in [0.2, 0.25) is 5.91 Å². The van der Waals surface area contributed by atoms with E-state index in [1.54, 1.807) is 0 Å². The van der Waals surface area contributed by atoms with Crippen molar-refractivity contribution in [2.24, 2.45) is 0 Å². The Morgan fingerprint density at radius 1 is 0.865 bits per heavy atom. The summed E-state index contributed by atoms with van der Waals surface area (Å²) in [5.74, 6) is 2.71. The largest absolute Gasteiger partial charge is 0.494 e. The van der Waals surface area contributed by atoms with Gasteiger partial charge in [0.25, 0.3) is 0 Å². The third-order valence-corrected chi connectivity index (χ3v) is 6.94. The van der Waals surface area contributed by atoms with Gasteiger partial charge in [-0.05, 0) is 66.2 Å². The Balaban J connectivity index is 1.22. The lowest BCUT2D eigenvalue weighted by atomic mass is 10.1. The summed E-state index contributed by atoms with van der Waals surface area (Å²) in [6.45, 7) is 4.33. The molecule has 6 nitrogen and oxygen atoms in total. The van der Waals surface area contributed by atoms with E-state index in [0.29, 0.717) is 32.7 Å². The van der Waals surface area contributed by atoms with Gasteiger partial charge < -0.3 is 18.9 Å². The molecule has 1 unspecified atom stereocenters. The predicted molar refractivity (Wildman–Crippen MR) is 146 cm³/mol. The first-order valence-corrected chi connectivity index (χ1v) is 12.8. The van der Waals surface area contributed by atoms with Gasteiger partial charge in [0.1, 0.15) is 23.9 Å². The summed E-state index contributed by atoms with van der Waals surface area (Å²) in [5, 5.41) is 2.35. The van der Waals surface area contributed by atoms with Crippen molar-refractivity contribution >= 4 is 33.4 Å². The first kappa shape index (κ1) is 23.1. The summed E-state index contributed by atoms with van der Waals surface area (Å²) in [6, 6.07) is 30.3. The summed E-state index contributed by atoms with van der Waals surface area (Å²) in [6.07, 6.45) is 0.433. The monoisotopic (exact) mass is 491 g/mol. The molecule has 1 saturated heterocycles. The van der Waals surface area contributed by atoms with E-state index in [4.69, 9.17) is 14.5 Å². The number of para-hydroxylation sites is 2. The number of imidazole rings is 1. The Kier molecular flexibility index (Phi) is 6.23. The van der Waals surface area contributed by atoms with E-state index in [1.165, 1.54) is 5.39 Å². The topological polar surface area (TPSA) is 56.6 Å². The number of amides is 1.